The van der Waals surface area contributed by atoms with Crippen molar-refractivity contribution < 1.29 is 9.53 Å². The Balaban J connectivity index is 1.51. The number of likely N-dealkylation sites (tertiary alicyclic amines) is 1. The van der Waals surface area contributed by atoms with Crippen LogP contribution in [-0.4, -0.2) is 41.2 Å². The van der Waals surface area contributed by atoms with Crippen LogP contribution < -0.4 is 5.32 Å². The van der Waals surface area contributed by atoms with Crippen molar-refractivity contribution in [3.05, 3.63) is 24.3 Å². The van der Waals surface area contributed by atoms with Gasteiger partial charge in [0.1, 0.15) is 5.60 Å². The number of amides is 1. The first-order chi connectivity index (χ1) is 10.9. The van der Waals surface area contributed by atoms with E-state index in [0.29, 0.717) is 5.92 Å². The Morgan fingerprint density at radius 1 is 1.43 bits per heavy atom. The zero-order valence-corrected chi connectivity index (χ0v) is 14.7. The Bertz CT molecular complexity index is 659. The maximum Gasteiger partial charge on any atom is 0.410 e. The number of ether oxygens (including phenoxy) is 1. The monoisotopic (exact) mass is 333 g/mol. The molecule has 5 nitrogen and oxygen atoms in total. The minimum absolute atomic E-state index is 0.208. The average Bonchev–Trinajstić information content (AvgIpc) is 3.09. The maximum absolute atomic E-state index is 12.1. The first-order valence-corrected chi connectivity index (χ1v) is 8.80. The number of carbonyl (C=O) groups excluding carboxylic acids is 1. The summed E-state index contributed by atoms with van der Waals surface area (Å²) in [6, 6.07) is 8.14. The van der Waals surface area contributed by atoms with E-state index in [1.165, 1.54) is 4.70 Å². The fourth-order valence-electron chi connectivity index (χ4n) is 2.67. The predicted octanol–water partition coefficient (Wildman–Crippen LogP) is 3.97. The molecule has 3 rings (SSSR count). The van der Waals surface area contributed by atoms with Crippen LogP contribution in [0.4, 0.5) is 9.93 Å². The van der Waals surface area contributed by atoms with Gasteiger partial charge in [0.05, 0.1) is 10.2 Å². The van der Waals surface area contributed by atoms with Gasteiger partial charge >= 0.3 is 6.09 Å². The summed E-state index contributed by atoms with van der Waals surface area (Å²) in [4.78, 5) is 18.5. The highest BCUT2D eigenvalue weighted by atomic mass is 32.1. The fourth-order valence-corrected chi connectivity index (χ4v) is 3.54. The Morgan fingerprint density at radius 2 is 2.22 bits per heavy atom. The minimum atomic E-state index is -0.436. The van der Waals surface area contributed by atoms with Crippen molar-refractivity contribution in [1.29, 1.82) is 0 Å². The quantitative estimate of drug-likeness (QED) is 0.923. The van der Waals surface area contributed by atoms with Crippen LogP contribution in [0.3, 0.4) is 0 Å². The highest BCUT2D eigenvalue weighted by molar-refractivity contribution is 7.22. The highest BCUT2D eigenvalue weighted by Gasteiger charge is 2.29. The van der Waals surface area contributed by atoms with Crippen LogP contribution in [0, 0.1) is 5.92 Å². The van der Waals surface area contributed by atoms with E-state index >= 15 is 0 Å². The lowest BCUT2D eigenvalue weighted by molar-refractivity contribution is 0.0289. The number of anilines is 1. The van der Waals surface area contributed by atoms with E-state index in [-0.39, 0.29) is 6.09 Å². The van der Waals surface area contributed by atoms with Gasteiger partial charge in [0.2, 0.25) is 0 Å². The predicted molar refractivity (Wildman–Crippen MR) is 94.0 cm³/mol. The second-order valence-corrected chi connectivity index (χ2v) is 7.98. The van der Waals surface area contributed by atoms with Gasteiger partial charge in [0, 0.05) is 19.6 Å². The van der Waals surface area contributed by atoms with Gasteiger partial charge in [-0.05, 0) is 45.2 Å². The molecule has 0 radical (unpaired) electrons. The van der Waals surface area contributed by atoms with Crippen molar-refractivity contribution in [2.45, 2.75) is 32.8 Å². The lowest BCUT2D eigenvalue weighted by Gasteiger charge is -2.24. The fraction of sp³-hybridized carbons (Fsp3) is 0.529. The van der Waals surface area contributed by atoms with Gasteiger partial charge in [-0.15, -0.1) is 0 Å². The van der Waals surface area contributed by atoms with Crippen molar-refractivity contribution in [2.24, 2.45) is 5.92 Å². The summed E-state index contributed by atoms with van der Waals surface area (Å²) in [6.45, 7) is 8.03. The first-order valence-electron chi connectivity index (χ1n) is 7.98. The topological polar surface area (TPSA) is 54.5 Å². The molecule has 1 atom stereocenters. The number of aromatic nitrogens is 1. The van der Waals surface area contributed by atoms with E-state index in [2.05, 4.69) is 16.4 Å². The largest absolute Gasteiger partial charge is 0.444 e. The standard InChI is InChI=1S/C17H23N3O2S/c1-17(2,3)22-16(21)20-9-8-12(11-20)10-18-15-19-13-6-4-5-7-14(13)23-15/h4-7,12H,8-11H2,1-3H3,(H,18,19)/t12-/m0/s1. The SMILES string of the molecule is CC(C)(C)OC(=O)N1CC[C@@H](CNc2nc3ccccc3s2)C1. The van der Waals surface area contributed by atoms with E-state index in [4.69, 9.17) is 4.74 Å². The summed E-state index contributed by atoms with van der Waals surface area (Å²) in [5.74, 6) is 0.439. The Morgan fingerprint density at radius 3 is 2.96 bits per heavy atom. The molecule has 1 aromatic carbocycles. The van der Waals surface area contributed by atoms with Crippen LogP contribution in [-0.2, 0) is 4.74 Å². The highest BCUT2D eigenvalue weighted by Crippen LogP contribution is 2.26. The Hall–Kier alpha value is -1.82. The first kappa shape index (κ1) is 16.1. The van der Waals surface area contributed by atoms with Gasteiger partial charge in [-0.1, -0.05) is 23.5 Å². The molecule has 6 heteroatoms. The van der Waals surface area contributed by atoms with Gasteiger partial charge in [-0.2, -0.15) is 0 Å². The van der Waals surface area contributed by atoms with Crippen molar-refractivity contribution in [1.82, 2.24) is 9.88 Å². The molecule has 1 saturated heterocycles. The van der Waals surface area contributed by atoms with Crippen LogP contribution in [0.25, 0.3) is 10.2 Å². The van der Waals surface area contributed by atoms with Crippen LogP contribution in [0.5, 0.6) is 0 Å². The van der Waals surface area contributed by atoms with Gasteiger partial charge in [0.15, 0.2) is 5.13 Å². The molecule has 1 aliphatic rings. The number of hydrogen-bond donors (Lipinski definition) is 1. The molecule has 2 heterocycles. The number of nitrogens with one attached hydrogen (secondary N) is 1. The van der Waals surface area contributed by atoms with Gasteiger partial charge in [-0.3, -0.25) is 0 Å². The smallest absolute Gasteiger partial charge is 0.410 e. The van der Waals surface area contributed by atoms with Gasteiger partial charge in [0.25, 0.3) is 0 Å². The molecule has 0 aliphatic carbocycles. The molecule has 0 saturated carbocycles. The van der Waals surface area contributed by atoms with E-state index < -0.39 is 5.60 Å². The number of benzene rings is 1. The van der Waals surface area contributed by atoms with Gasteiger partial charge < -0.3 is 15.0 Å². The van der Waals surface area contributed by atoms with E-state index in [0.717, 1.165) is 36.7 Å². The second kappa shape index (κ2) is 6.35. The van der Waals surface area contributed by atoms with Crippen molar-refractivity contribution in [3.63, 3.8) is 0 Å². The van der Waals surface area contributed by atoms with Crippen molar-refractivity contribution >= 4 is 32.8 Å². The molecule has 1 aromatic heterocycles. The zero-order valence-electron chi connectivity index (χ0n) is 13.8. The third-order valence-corrected chi connectivity index (χ3v) is 4.77. The van der Waals surface area contributed by atoms with Crippen LogP contribution >= 0.6 is 11.3 Å². The minimum Gasteiger partial charge on any atom is -0.444 e. The van der Waals surface area contributed by atoms with E-state index in [1.54, 1.807) is 16.2 Å². The maximum atomic E-state index is 12.1. The summed E-state index contributed by atoms with van der Waals surface area (Å²) in [5.41, 5.74) is 0.593. The molecule has 1 N–H and O–H groups in total. The number of fused-ring (bicyclic) bond motifs is 1. The Kier molecular flexibility index (Phi) is 4.43. The molecule has 23 heavy (non-hydrogen) atoms. The number of para-hydroxylation sites is 1. The number of nitrogens with zero attached hydrogens (tertiary/aromatic N) is 2. The molecule has 1 aliphatic heterocycles. The third-order valence-electron chi connectivity index (χ3n) is 3.77. The van der Waals surface area contributed by atoms with E-state index in [1.807, 2.05) is 39.0 Å². The Labute approximate surface area is 140 Å². The summed E-state index contributed by atoms with van der Waals surface area (Å²) in [5, 5.41) is 4.36. The van der Waals surface area contributed by atoms with Crippen molar-refractivity contribution in [3.8, 4) is 0 Å². The molecular formula is C17H23N3O2S. The molecular weight excluding hydrogens is 310 g/mol. The zero-order chi connectivity index (χ0) is 16.4. The van der Waals surface area contributed by atoms with Crippen molar-refractivity contribution in [2.75, 3.05) is 25.0 Å². The molecule has 0 unspecified atom stereocenters. The summed E-state index contributed by atoms with van der Waals surface area (Å²) in [6.07, 6.45) is 0.789. The average molecular weight is 333 g/mol. The van der Waals surface area contributed by atoms with Crippen LogP contribution in [0.2, 0.25) is 0 Å². The molecule has 0 spiro atoms. The number of thiazole rings is 1. The molecule has 1 fully saturated rings. The summed E-state index contributed by atoms with van der Waals surface area (Å²) < 4.78 is 6.62. The lowest BCUT2D eigenvalue weighted by atomic mass is 10.1. The molecule has 0 bridgehead atoms. The third kappa shape index (κ3) is 4.13. The molecule has 1 amide bonds. The lowest BCUT2D eigenvalue weighted by Crippen LogP contribution is -2.35. The normalized spacial score (nSPS) is 18.4. The number of carbonyl (C=O) groups is 1. The van der Waals surface area contributed by atoms with Crippen LogP contribution in [0.15, 0.2) is 24.3 Å². The molecule has 2 aromatic rings. The summed E-state index contributed by atoms with van der Waals surface area (Å²) in [7, 11) is 0. The number of rotatable bonds is 3. The number of hydrogen-bond acceptors (Lipinski definition) is 5. The van der Waals surface area contributed by atoms with Gasteiger partial charge in [-0.25, -0.2) is 9.78 Å². The second-order valence-electron chi connectivity index (χ2n) is 6.95. The van der Waals surface area contributed by atoms with E-state index in [9.17, 15) is 4.79 Å². The van der Waals surface area contributed by atoms with Crippen LogP contribution in [0.1, 0.15) is 27.2 Å². The molecule has 124 valence electrons. The summed E-state index contributed by atoms with van der Waals surface area (Å²) >= 11 is 1.67.